The van der Waals surface area contributed by atoms with Gasteiger partial charge in [-0.1, -0.05) is 11.6 Å². The number of imide groups is 2. The Morgan fingerprint density at radius 2 is 1.66 bits per heavy atom. The Bertz CT molecular complexity index is 2140. The van der Waals surface area contributed by atoms with E-state index in [0.29, 0.717) is 28.3 Å². The molecule has 8 rings (SSSR count). The number of benzene rings is 2. The monoisotopic (exact) mass is 807 g/mol. The Morgan fingerprint density at radius 3 is 2.34 bits per heavy atom. The van der Waals surface area contributed by atoms with Gasteiger partial charge >= 0.3 is 0 Å². The zero-order valence-electron chi connectivity index (χ0n) is 32.1. The third kappa shape index (κ3) is 8.08. The summed E-state index contributed by atoms with van der Waals surface area (Å²) in [6.45, 7) is 4.16. The third-order valence-corrected chi connectivity index (χ3v) is 12.8. The van der Waals surface area contributed by atoms with Crippen molar-refractivity contribution in [1.29, 1.82) is 5.26 Å². The number of nitrogens with zero attached hydrogens (tertiary/aromatic N) is 7. The lowest BCUT2D eigenvalue weighted by Gasteiger charge is -2.47. The minimum absolute atomic E-state index is 0.0432. The Labute approximate surface area is 341 Å². The first-order chi connectivity index (χ1) is 28.1. The number of piperidine rings is 3. The van der Waals surface area contributed by atoms with Crippen LogP contribution in [0.2, 0.25) is 5.02 Å². The molecule has 2 aromatic carbocycles. The standard InChI is InChI=1S/C42H46ClN9O6/c43-34-21-31(7-3-26(34)22-44)58-30-8-4-27(5-9-30)51(23-25-15-18-49(19-16-25)37-13-11-35(39(45)54)47-48-37)29-2-1-17-50(24-29)28-6-10-32-33(20-28)42(57)52(41(32)56)36-12-14-38(53)46-40(36)55/h3,6-7,10-11,13,20-21,25,27,29-30,36H,1-2,4-5,8-9,12,14-19,23-24H2,(H2,45,54)(H,46,53,55)/t27?,29-,30?,36-/m1/s1. The molecule has 0 unspecified atom stereocenters. The van der Waals surface area contributed by atoms with Crippen LogP contribution in [-0.2, 0) is 9.59 Å². The molecule has 3 aromatic rings. The lowest BCUT2D eigenvalue weighted by atomic mass is 9.87. The van der Waals surface area contributed by atoms with Gasteiger partial charge < -0.3 is 20.3 Å². The number of fused-ring (bicyclic) bond motifs is 1. The topological polar surface area (TPSA) is 195 Å². The van der Waals surface area contributed by atoms with Crippen molar-refractivity contribution < 1.29 is 28.7 Å². The number of primary amides is 1. The first kappa shape index (κ1) is 39.2. The minimum atomic E-state index is -1.01. The molecule has 5 aliphatic rings. The van der Waals surface area contributed by atoms with Crippen LogP contribution in [0.15, 0.2) is 48.5 Å². The summed E-state index contributed by atoms with van der Waals surface area (Å²) >= 11 is 6.30. The van der Waals surface area contributed by atoms with Crippen molar-refractivity contribution in [3.05, 3.63) is 75.9 Å². The Kier molecular flexibility index (Phi) is 11.3. The van der Waals surface area contributed by atoms with Crippen molar-refractivity contribution >= 4 is 52.6 Å². The maximum Gasteiger partial charge on any atom is 0.269 e. The van der Waals surface area contributed by atoms with Gasteiger partial charge in [0.15, 0.2) is 11.5 Å². The molecule has 5 amide bonds. The van der Waals surface area contributed by atoms with Crippen LogP contribution < -0.4 is 25.6 Å². The number of hydrogen-bond acceptors (Lipinski definition) is 12. The van der Waals surface area contributed by atoms with Crippen molar-refractivity contribution in [3.63, 3.8) is 0 Å². The number of hydrogen-bond donors (Lipinski definition) is 2. The van der Waals surface area contributed by atoms with Gasteiger partial charge in [-0.15, -0.1) is 10.2 Å². The van der Waals surface area contributed by atoms with Crippen LogP contribution in [0.3, 0.4) is 0 Å². The Hall–Kier alpha value is -5.59. The van der Waals surface area contributed by atoms with E-state index in [0.717, 1.165) is 100 Å². The fourth-order valence-corrected chi connectivity index (χ4v) is 9.54. The molecule has 1 aliphatic carbocycles. The van der Waals surface area contributed by atoms with E-state index < -0.39 is 35.6 Å². The van der Waals surface area contributed by atoms with E-state index in [1.54, 1.807) is 42.5 Å². The van der Waals surface area contributed by atoms with Crippen LogP contribution in [0.5, 0.6) is 5.75 Å². The second kappa shape index (κ2) is 16.7. The summed E-state index contributed by atoms with van der Waals surface area (Å²) in [4.78, 5) is 71.2. The number of nitriles is 1. The molecule has 2 atom stereocenters. The van der Waals surface area contributed by atoms with E-state index in [4.69, 9.17) is 22.1 Å². The van der Waals surface area contributed by atoms with Crippen molar-refractivity contribution in [3.8, 4) is 11.8 Å². The van der Waals surface area contributed by atoms with Gasteiger partial charge in [0.2, 0.25) is 11.8 Å². The number of nitrogens with one attached hydrogen (secondary N) is 1. The minimum Gasteiger partial charge on any atom is -0.490 e. The summed E-state index contributed by atoms with van der Waals surface area (Å²) in [7, 11) is 0. The lowest BCUT2D eigenvalue weighted by molar-refractivity contribution is -0.136. The average Bonchev–Trinajstić information content (AvgIpc) is 3.48. The molecular weight excluding hydrogens is 762 g/mol. The Morgan fingerprint density at radius 1 is 0.879 bits per heavy atom. The van der Waals surface area contributed by atoms with E-state index in [1.807, 2.05) is 6.07 Å². The van der Waals surface area contributed by atoms with Crippen LogP contribution in [0.4, 0.5) is 11.5 Å². The van der Waals surface area contributed by atoms with Gasteiger partial charge in [-0.3, -0.25) is 39.1 Å². The molecule has 5 heterocycles. The summed E-state index contributed by atoms with van der Waals surface area (Å²) < 4.78 is 6.36. The summed E-state index contributed by atoms with van der Waals surface area (Å²) in [6.07, 6.45) is 7.90. The second-order valence-electron chi connectivity index (χ2n) is 16.0. The summed E-state index contributed by atoms with van der Waals surface area (Å²) in [5.41, 5.74) is 7.36. The number of ether oxygens (including phenoxy) is 1. The average molecular weight is 808 g/mol. The normalized spacial score (nSPS) is 24.1. The van der Waals surface area contributed by atoms with Gasteiger partial charge in [0.05, 0.1) is 27.8 Å². The lowest BCUT2D eigenvalue weighted by Crippen LogP contribution is -2.55. The molecule has 4 fully saturated rings. The number of nitrogens with two attached hydrogens (primary N) is 1. The molecule has 15 nitrogen and oxygen atoms in total. The van der Waals surface area contributed by atoms with E-state index in [-0.39, 0.29) is 41.8 Å². The molecule has 3 saturated heterocycles. The van der Waals surface area contributed by atoms with Crippen molar-refractivity contribution in [1.82, 2.24) is 25.3 Å². The fraction of sp³-hybridized carbons (Fsp3) is 0.476. The third-order valence-electron chi connectivity index (χ3n) is 12.4. The number of halogens is 1. The molecule has 0 bridgehead atoms. The van der Waals surface area contributed by atoms with Gasteiger partial charge in [-0.25, -0.2) is 0 Å². The largest absolute Gasteiger partial charge is 0.490 e. The molecule has 58 heavy (non-hydrogen) atoms. The zero-order chi connectivity index (χ0) is 40.5. The van der Waals surface area contributed by atoms with Gasteiger partial charge in [-0.2, -0.15) is 5.26 Å². The number of carbonyl (C=O) groups is 5. The summed E-state index contributed by atoms with van der Waals surface area (Å²) in [5.74, 6) is -0.778. The smallest absolute Gasteiger partial charge is 0.269 e. The number of anilines is 2. The Balaban J connectivity index is 0.966. The molecule has 302 valence electrons. The number of carbonyl (C=O) groups excluding carboxylic acids is 5. The number of amides is 5. The fourth-order valence-electron chi connectivity index (χ4n) is 9.33. The van der Waals surface area contributed by atoms with E-state index in [2.05, 4.69) is 36.3 Å². The maximum absolute atomic E-state index is 13.7. The molecule has 1 saturated carbocycles. The number of rotatable bonds is 10. The molecule has 3 N–H and O–H groups in total. The maximum atomic E-state index is 13.7. The van der Waals surface area contributed by atoms with Gasteiger partial charge in [0, 0.05) is 63.0 Å². The predicted molar refractivity (Wildman–Crippen MR) is 213 cm³/mol. The van der Waals surface area contributed by atoms with Gasteiger partial charge in [0.25, 0.3) is 17.7 Å². The summed E-state index contributed by atoms with van der Waals surface area (Å²) in [5, 5.41) is 20.2. The van der Waals surface area contributed by atoms with Crippen LogP contribution in [0, 0.1) is 17.2 Å². The summed E-state index contributed by atoms with van der Waals surface area (Å²) in [6, 6.07) is 15.7. The first-order valence-electron chi connectivity index (χ1n) is 20.2. The van der Waals surface area contributed by atoms with E-state index in [1.165, 1.54) is 0 Å². The van der Waals surface area contributed by atoms with Crippen molar-refractivity contribution in [2.45, 2.75) is 88.4 Å². The van der Waals surface area contributed by atoms with Crippen molar-refractivity contribution in [2.75, 3.05) is 42.5 Å². The highest BCUT2D eigenvalue weighted by molar-refractivity contribution is 6.31. The zero-order valence-corrected chi connectivity index (χ0v) is 32.9. The molecule has 0 spiro atoms. The van der Waals surface area contributed by atoms with E-state index in [9.17, 15) is 29.2 Å². The molecular formula is C42H46ClN9O6. The highest BCUT2D eigenvalue weighted by Crippen LogP contribution is 2.36. The second-order valence-corrected chi connectivity index (χ2v) is 16.4. The highest BCUT2D eigenvalue weighted by atomic mass is 35.5. The van der Waals surface area contributed by atoms with Crippen LogP contribution in [0.25, 0.3) is 0 Å². The van der Waals surface area contributed by atoms with Crippen LogP contribution >= 0.6 is 11.6 Å². The van der Waals surface area contributed by atoms with Gasteiger partial charge in [-0.05, 0) is 106 Å². The SMILES string of the molecule is N#Cc1ccc(OC2CCC(N(CC3CCN(c4ccc(C(N)=O)nn4)CC3)[C@@H]3CCCN(c4ccc5c(c4)C(=O)N([C@@H]4CCC(=O)NC4=O)C5=O)C3)CC2)cc1Cl. The molecule has 1 aromatic heterocycles. The molecule has 16 heteroatoms. The van der Waals surface area contributed by atoms with Crippen LogP contribution in [-0.4, -0.2) is 106 Å². The molecule has 4 aliphatic heterocycles. The van der Waals surface area contributed by atoms with Gasteiger partial charge in [0.1, 0.15) is 17.9 Å². The molecule has 0 radical (unpaired) electrons. The highest BCUT2D eigenvalue weighted by Gasteiger charge is 2.45. The predicted octanol–water partition coefficient (Wildman–Crippen LogP) is 4.08. The first-order valence-corrected chi connectivity index (χ1v) is 20.5. The quantitative estimate of drug-likeness (QED) is 0.279. The van der Waals surface area contributed by atoms with Crippen LogP contribution in [0.1, 0.15) is 101 Å². The number of aromatic nitrogens is 2. The van der Waals surface area contributed by atoms with Crippen molar-refractivity contribution in [2.24, 2.45) is 11.7 Å². The van der Waals surface area contributed by atoms with E-state index >= 15 is 0 Å².